The fraction of sp³-hybridized carbons (Fsp3) is 0.500. The number of benzene rings is 2. The van der Waals surface area contributed by atoms with Gasteiger partial charge in [-0.3, -0.25) is 9.59 Å². The first kappa shape index (κ1) is 24.2. The number of nitrogens with zero attached hydrogens (tertiary/aromatic N) is 1. The largest absolute Gasteiger partial charge is 0.326 e. The third kappa shape index (κ3) is 6.77. The predicted octanol–water partition coefficient (Wildman–Crippen LogP) is 6.18. The Labute approximate surface area is 193 Å². The van der Waals surface area contributed by atoms with Gasteiger partial charge in [0.25, 0.3) is 0 Å². The zero-order valence-corrected chi connectivity index (χ0v) is 20.1. The maximum atomic E-state index is 12.6. The van der Waals surface area contributed by atoms with Gasteiger partial charge in [-0.1, -0.05) is 64.1 Å². The molecule has 4 nitrogen and oxygen atoms in total. The lowest BCUT2D eigenvalue weighted by atomic mass is 9.86. The van der Waals surface area contributed by atoms with E-state index in [1.165, 1.54) is 11.1 Å². The second-order valence-electron chi connectivity index (χ2n) is 10.00. The number of anilines is 1. The lowest BCUT2D eigenvalue weighted by Gasteiger charge is -2.32. The summed E-state index contributed by atoms with van der Waals surface area (Å²) < 4.78 is 0. The Kier molecular flexibility index (Phi) is 8.25. The van der Waals surface area contributed by atoms with Gasteiger partial charge in [-0.25, -0.2) is 0 Å². The van der Waals surface area contributed by atoms with Gasteiger partial charge in [0.2, 0.25) is 5.91 Å². The number of rotatable bonds is 8. The molecule has 1 N–H and O–H groups in total. The summed E-state index contributed by atoms with van der Waals surface area (Å²) in [6, 6.07) is 16.4. The first-order chi connectivity index (χ1) is 15.3. The molecule has 1 aliphatic rings. The Morgan fingerprint density at radius 2 is 1.72 bits per heavy atom. The summed E-state index contributed by atoms with van der Waals surface area (Å²) in [4.78, 5) is 26.7. The summed E-state index contributed by atoms with van der Waals surface area (Å²) in [5, 5.41) is 2.96. The average molecular weight is 435 g/mol. The van der Waals surface area contributed by atoms with E-state index in [0.29, 0.717) is 18.8 Å². The highest BCUT2D eigenvalue weighted by Gasteiger charge is 2.21. The van der Waals surface area contributed by atoms with Gasteiger partial charge in [-0.15, -0.1) is 0 Å². The minimum atomic E-state index is 0.0525. The fourth-order valence-electron chi connectivity index (χ4n) is 4.37. The molecule has 1 aliphatic heterocycles. The van der Waals surface area contributed by atoms with Crippen LogP contribution in [0.4, 0.5) is 5.69 Å². The van der Waals surface area contributed by atoms with E-state index >= 15 is 0 Å². The van der Waals surface area contributed by atoms with Crippen molar-refractivity contribution in [2.75, 3.05) is 25.0 Å². The van der Waals surface area contributed by atoms with Crippen LogP contribution < -0.4 is 5.32 Å². The molecule has 2 aromatic carbocycles. The van der Waals surface area contributed by atoms with Crippen molar-refractivity contribution in [3.63, 3.8) is 0 Å². The molecular formula is C28H38N2O2. The minimum Gasteiger partial charge on any atom is -0.326 e. The van der Waals surface area contributed by atoms with E-state index in [2.05, 4.69) is 55.3 Å². The summed E-state index contributed by atoms with van der Waals surface area (Å²) in [7, 11) is 0. The van der Waals surface area contributed by atoms with E-state index in [4.69, 9.17) is 0 Å². The van der Waals surface area contributed by atoms with Gasteiger partial charge in [0.05, 0.1) is 0 Å². The monoisotopic (exact) mass is 434 g/mol. The van der Waals surface area contributed by atoms with Crippen LogP contribution in [0.2, 0.25) is 0 Å². The van der Waals surface area contributed by atoms with E-state index < -0.39 is 0 Å². The minimum absolute atomic E-state index is 0.0525. The molecule has 1 amide bonds. The van der Waals surface area contributed by atoms with Crippen molar-refractivity contribution in [3.8, 4) is 0 Å². The van der Waals surface area contributed by atoms with Crippen LogP contribution in [0.25, 0.3) is 0 Å². The third-order valence-corrected chi connectivity index (χ3v) is 6.50. The zero-order chi connectivity index (χ0) is 23.1. The normalized spacial score (nSPS) is 15.5. The highest BCUT2D eigenvalue weighted by atomic mass is 16.1. The number of hydrogen-bond acceptors (Lipinski definition) is 3. The van der Waals surface area contributed by atoms with Gasteiger partial charge >= 0.3 is 0 Å². The number of nitrogens with one attached hydrogen (secondary N) is 1. The Hall–Kier alpha value is -2.46. The number of hydrogen-bond donors (Lipinski definition) is 1. The standard InChI is InChI=1S/C28H38N2O2/c1-5-27(32)29-25-9-6-8-23(20-25)21-15-18-30(19-16-21)17-7-10-26(31)22-11-13-24(14-12-22)28(2,3)4/h6,8-9,11-14,20-21H,5,7,10,15-19H2,1-4H3,(H,29,32). The first-order valence-electron chi connectivity index (χ1n) is 12.0. The molecule has 0 atom stereocenters. The van der Waals surface area contributed by atoms with Gasteiger partial charge in [0, 0.05) is 24.1 Å². The molecule has 2 aromatic rings. The van der Waals surface area contributed by atoms with E-state index in [0.717, 1.165) is 50.1 Å². The molecule has 0 spiro atoms. The van der Waals surface area contributed by atoms with Crippen LogP contribution in [0.5, 0.6) is 0 Å². The van der Waals surface area contributed by atoms with E-state index in [-0.39, 0.29) is 17.1 Å². The lowest BCUT2D eigenvalue weighted by molar-refractivity contribution is -0.115. The fourth-order valence-corrected chi connectivity index (χ4v) is 4.37. The van der Waals surface area contributed by atoms with Crippen LogP contribution in [0.1, 0.15) is 87.2 Å². The summed E-state index contributed by atoms with van der Waals surface area (Å²) in [6.45, 7) is 11.5. The molecule has 0 aliphatic carbocycles. The van der Waals surface area contributed by atoms with E-state index in [9.17, 15) is 9.59 Å². The second kappa shape index (κ2) is 10.9. The van der Waals surface area contributed by atoms with Gasteiger partial charge in [0.1, 0.15) is 0 Å². The summed E-state index contributed by atoms with van der Waals surface area (Å²) in [5.74, 6) is 0.829. The molecule has 32 heavy (non-hydrogen) atoms. The highest BCUT2D eigenvalue weighted by molar-refractivity contribution is 5.96. The van der Waals surface area contributed by atoms with Crippen molar-refractivity contribution in [1.29, 1.82) is 0 Å². The van der Waals surface area contributed by atoms with Gasteiger partial charge in [-0.05, 0) is 73.5 Å². The number of piperidine rings is 1. The second-order valence-corrected chi connectivity index (χ2v) is 10.00. The maximum absolute atomic E-state index is 12.6. The molecule has 1 heterocycles. The predicted molar refractivity (Wildman–Crippen MR) is 132 cm³/mol. The zero-order valence-electron chi connectivity index (χ0n) is 20.1. The summed E-state index contributed by atoms with van der Waals surface area (Å²) >= 11 is 0. The lowest BCUT2D eigenvalue weighted by Crippen LogP contribution is -2.33. The smallest absolute Gasteiger partial charge is 0.224 e. The Morgan fingerprint density at radius 1 is 1.03 bits per heavy atom. The topological polar surface area (TPSA) is 49.4 Å². The molecule has 1 saturated heterocycles. The van der Waals surface area contributed by atoms with Crippen molar-refractivity contribution < 1.29 is 9.59 Å². The van der Waals surface area contributed by atoms with Crippen LogP contribution in [-0.2, 0) is 10.2 Å². The van der Waals surface area contributed by atoms with Crippen molar-refractivity contribution in [2.24, 2.45) is 0 Å². The first-order valence-corrected chi connectivity index (χ1v) is 12.0. The van der Waals surface area contributed by atoms with E-state index in [1.807, 2.05) is 31.2 Å². The maximum Gasteiger partial charge on any atom is 0.224 e. The number of ketones is 1. The highest BCUT2D eigenvalue weighted by Crippen LogP contribution is 2.30. The molecule has 172 valence electrons. The van der Waals surface area contributed by atoms with Crippen LogP contribution in [0, 0.1) is 0 Å². The molecule has 0 aromatic heterocycles. The Balaban J connectivity index is 1.42. The van der Waals surface area contributed by atoms with Crippen LogP contribution in [-0.4, -0.2) is 36.2 Å². The number of amides is 1. The number of carbonyl (C=O) groups excluding carboxylic acids is 2. The molecule has 0 saturated carbocycles. The van der Waals surface area contributed by atoms with Gasteiger partial charge in [-0.2, -0.15) is 0 Å². The number of likely N-dealkylation sites (tertiary alicyclic amines) is 1. The molecule has 4 heteroatoms. The van der Waals surface area contributed by atoms with Crippen molar-refractivity contribution in [3.05, 3.63) is 65.2 Å². The quantitative estimate of drug-likeness (QED) is 0.505. The third-order valence-electron chi connectivity index (χ3n) is 6.50. The van der Waals surface area contributed by atoms with Crippen LogP contribution >= 0.6 is 0 Å². The molecule has 1 fully saturated rings. The molecule has 0 bridgehead atoms. The SMILES string of the molecule is CCC(=O)Nc1cccc(C2CCN(CCCC(=O)c3ccc(C(C)(C)C)cc3)CC2)c1. The molecular weight excluding hydrogens is 396 g/mol. The number of carbonyl (C=O) groups is 2. The average Bonchev–Trinajstić information content (AvgIpc) is 2.79. The van der Waals surface area contributed by atoms with Gasteiger partial charge in [0.15, 0.2) is 5.78 Å². The molecule has 0 radical (unpaired) electrons. The van der Waals surface area contributed by atoms with Crippen molar-refractivity contribution in [1.82, 2.24) is 4.90 Å². The number of Topliss-reactive ketones (excluding diaryl/α,β-unsaturated/α-hetero) is 1. The Bertz CT molecular complexity index is 904. The van der Waals surface area contributed by atoms with Crippen molar-refractivity contribution >= 4 is 17.4 Å². The van der Waals surface area contributed by atoms with E-state index in [1.54, 1.807) is 0 Å². The molecule has 0 unspecified atom stereocenters. The molecule has 3 rings (SSSR count). The van der Waals surface area contributed by atoms with Crippen LogP contribution in [0.3, 0.4) is 0 Å². The Morgan fingerprint density at radius 3 is 2.34 bits per heavy atom. The van der Waals surface area contributed by atoms with Crippen molar-refractivity contribution in [2.45, 2.75) is 71.1 Å². The van der Waals surface area contributed by atoms with Gasteiger partial charge < -0.3 is 10.2 Å². The summed E-state index contributed by atoms with van der Waals surface area (Å²) in [5.41, 5.74) is 4.40. The summed E-state index contributed by atoms with van der Waals surface area (Å²) in [6.07, 6.45) is 4.24. The van der Waals surface area contributed by atoms with Crippen LogP contribution in [0.15, 0.2) is 48.5 Å².